The molecule has 1 unspecified atom stereocenters. The highest BCUT2D eigenvalue weighted by molar-refractivity contribution is 6.09. The van der Waals surface area contributed by atoms with Crippen molar-refractivity contribution in [2.75, 3.05) is 0 Å². The molecule has 7 aromatic carbocycles. The smallest absolute Gasteiger partial charge is 0.0743 e. The van der Waals surface area contributed by atoms with Crippen LogP contribution in [0.4, 0.5) is 0 Å². The summed E-state index contributed by atoms with van der Waals surface area (Å²) in [5, 5.41) is 2.57. The molecule has 1 atom stereocenters. The molecule has 244 valence electrons. The molecule has 0 fully saturated rings. The second-order valence-corrected chi connectivity index (χ2v) is 14.3. The molecule has 52 heavy (non-hydrogen) atoms. The molecule has 0 amide bonds. The van der Waals surface area contributed by atoms with Crippen LogP contribution in [-0.4, -0.2) is 9.55 Å². The van der Waals surface area contributed by atoms with E-state index in [1.165, 1.54) is 88.7 Å². The Morgan fingerprint density at radius 2 is 1.19 bits per heavy atom. The van der Waals surface area contributed by atoms with Crippen LogP contribution in [0.25, 0.3) is 61.0 Å². The van der Waals surface area contributed by atoms with Crippen LogP contribution in [0.3, 0.4) is 0 Å². The van der Waals surface area contributed by atoms with E-state index in [2.05, 4.69) is 180 Å². The molecule has 0 saturated heterocycles. The Labute approximate surface area is 303 Å². The van der Waals surface area contributed by atoms with E-state index < -0.39 is 0 Å². The molecule has 0 saturated carbocycles. The molecule has 9 aromatic rings. The van der Waals surface area contributed by atoms with Gasteiger partial charge in [-0.05, 0) is 105 Å². The zero-order valence-electron chi connectivity index (χ0n) is 28.6. The van der Waals surface area contributed by atoms with E-state index in [1.807, 2.05) is 6.20 Å². The zero-order chi connectivity index (χ0) is 34.2. The Kier molecular flexibility index (Phi) is 6.47. The summed E-state index contributed by atoms with van der Waals surface area (Å²) in [5.74, 6) is 0.467. The number of nitrogens with zero attached hydrogens (tertiary/aromatic N) is 2. The standard InChI is InChI=1S/C50H34N2/c1-2-13-33(14-3-1)34-23-25-39-44(43-21-11-27-51-50(43)46(39)30-34)29-32-12-10-15-36(28-32)52-47-22-9-8-18-40(47)45-31-35(24-26-48(45)52)49-41-19-6-4-16-37(41)38-17-5-7-20-42(38)49/h1-28,30-31,44,49H,29H2. The van der Waals surface area contributed by atoms with Gasteiger partial charge in [0.2, 0.25) is 0 Å². The summed E-state index contributed by atoms with van der Waals surface area (Å²) in [4.78, 5) is 4.91. The molecule has 2 heteroatoms. The molecule has 2 aliphatic rings. The van der Waals surface area contributed by atoms with E-state index >= 15 is 0 Å². The Bertz CT molecular complexity index is 2800. The van der Waals surface area contributed by atoms with E-state index in [0.717, 1.165) is 12.1 Å². The summed E-state index contributed by atoms with van der Waals surface area (Å²) in [7, 11) is 0. The van der Waals surface area contributed by atoms with E-state index in [4.69, 9.17) is 4.98 Å². The summed E-state index contributed by atoms with van der Waals surface area (Å²) in [5.41, 5.74) is 19.3. The molecule has 2 nitrogen and oxygen atoms in total. The van der Waals surface area contributed by atoms with Gasteiger partial charge in [0, 0.05) is 40.1 Å². The predicted octanol–water partition coefficient (Wildman–Crippen LogP) is 12.4. The lowest BCUT2D eigenvalue weighted by molar-refractivity contribution is 0.824. The molecule has 0 radical (unpaired) electrons. The normalized spacial score (nSPS) is 14.3. The van der Waals surface area contributed by atoms with Crippen molar-refractivity contribution in [3.05, 3.63) is 216 Å². The summed E-state index contributed by atoms with van der Waals surface area (Å²) in [6, 6.07) is 65.0. The average Bonchev–Trinajstić information content (AvgIpc) is 3.84. The van der Waals surface area contributed by atoms with Crippen LogP contribution in [0.5, 0.6) is 0 Å². The van der Waals surface area contributed by atoms with Crippen molar-refractivity contribution in [2.24, 2.45) is 0 Å². The Morgan fingerprint density at radius 1 is 0.462 bits per heavy atom. The van der Waals surface area contributed by atoms with E-state index in [-0.39, 0.29) is 11.8 Å². The fraction of sp³-hybridized carbons (Fsp3) is 0.0600. The third-order valence-corrected chi connectivity index (χ3v) is 11.5. The lowest BCUT2D eigenvalue weighted by atomic mass is 9.88. The molecule has 11 rings (SSSR count). The third-order valence-electron chi connectivity index (χ3n) is 11.5. The topological polar surface area (TPSA) is 17.8 Å². The third kappa shape index (κ3) is 4.41. The molecular formula is C50H34N2. The molecule has 2 aliphatic carbocycles. The first-order chi connectivity index (χ1) is 25.8. The molecule has 2 aromatic heterocycles. The van der Waals surface area contributed by atoms with Gasteiger partial charge in [-0.1, -0.05) is 133 Å². The zero-order valence-corrected chi connectivity index (χ0v) is 28.6. The SMILES string of the molecule is c1ccc(-c2ccc3c(c2)-c2ncccc2C3Cc2cccc(-n3c4ccccc4c4cc(C5c6ccccc6-c6ccccc65)ccc43)c2)cc1. The number of benzene rings is 7. The maximum atomic E-state index is 4.91. The van der Waals surface area contributed by atoms with Crippen molar-refractivity contribution < 1.29 is 0 Å². The van der Waals surface area contributed by atoms with Crippen LogP contribution < -0.4 is 0 Å². The fourth-order valence-corrected chi connectivity index (χ4v) is 9.21. The maximum Gasteiger partial charge on any atom is 0.0743 e. The van der Waals surface area contributed by atoms with Crippen molar-refractivity contribution in [3.8, 4) is 39.2 Å². The van der Waals surface area contributed by atoms with Gasteiger partial charge in [-0.15, -0.1) is 0 Å². The number of pyridine rings is 1. The van der Waals surface area contributed by atoms with Crippen LogP contribution >= 0.6 is 0 Å². The summed E-state index contributed by atoms with van der Waals surface area (Å²) in [6.45, 7) is 0. The molecular weight excluding hydrogens is 629 g/mol. The van der Waals surface area contributed by atoms with Crippen LogP contribution in [-0.2, 0) is 6.42 Å². The fourth-order valence-electron chi connectivity index (χ4n) is 9.21. The molecule has 2 heterocycles. The average molecular weight is 663 g/mol. The van der Waals surface area contributed by atoms with Crippen molar-refractivity contribution in [1.82, 2.24) is 9.55 Å². The highest BCUT2D eigenvalue weighted by atomic mass is 15.0. The minimum atomic E-state index is 0.220. The first-order valence-corrected chi connectivity index (χ1v) is 18.3. The highest BCUT2D eigenvalue weighted by Gasteiger charge is 2.31. The lowest BCUT2D eigenvalue weighted by Crippen LogP contribution is -2.03. The van der Waals surface area contributed by atoms with Gasteiger partial charge in [-0.25, -0.2) is 0 Å². The van der Waals surface area contributed by atoms with Crippen LogP contribution in [0.15, 0.2) is 182 Å². The maximum absolute atomic E-state index is 4.91. The van der Waals surface area contributed by atoms with Gasteiger partial charge >= 0.3 is 0 Å². The summed E-state index contributed by atoms with van der Waals surface area (Å²) >= 11 is 0. The number of hydrogen-bond acceptors (Lipinski definition) is 1. The first-order valence-electron chi connectivity index (χ1n) is 18.3. The quantitative estimate of drug-likeness (QED) is 0.179. The summed E-state index contributed by atoms with van der Waals surface area (Å²) in [6.07, 6.45) is 2.84. The second kappa shape index (κ2) is 11.5. The molecule has 0 N–H and O–H groups in total. The van der Waals surface area contributed by atoms with E-state index in [1.54, 1.807) is 0 Å². The van der Waals surface area contributed by atoms with E-state index in [0.29, 0.717) is 0 Å². The summed E-state index contributed by atoms with van der Waals surface area (Å²) < 4.78 is 2.46. The molecule has 0 bridgehead atoms. The van der Waals surface area contributed by atoms with Gasteiger partial charge in [0.05, 0.1) is 16.7 Å². The monoisotopic (exact) mass is 662 g/mol. The van der Waals surface area contributed by atoms with Crippen molar-refractivity contribution >= 4 is 21.8 Å². The Hall–Kier alpha value is -6.51. The lowest BCUT2D eigenvalue weighted by Gasteiger charge is -2.16. The van der Waals surface area contributed by atoms with Crippen LogP contribution in [0.1, 0.15) is 45.2 Å². The van der Waals surface area contributed by atoms with Crippen molar-refractivity contribution in [3.63, 3.8) is 0 Å². The minimum Gasteiger partial charge on any atom is -0.309 e. The van der Waals surface area contributed by atoms with Crippen LogP contribution in [0.2, 0.25) is 0 Å². The molecule has 0 aliphatic heterocycles. The number of fused-ring (bicyclic) bond motifs is 9. The predicted molar refractivity (Wildman–Crippen MR) is 214 cm³/mol. The van der Waals surface area contributed by atoms with Gasteiger partial charge in [-0.3, -0.25) is 4.98 Å². The highest BCUT2D eigenvalue weighted by Crippen LogP contribution is 2.49. The molecule has 0 spiro atoms. The Balaban J connectivity index is 1.00. The largest absolute Gasteiger partial charge is 0.309 e. The van der Waals surface area contributed by atoms with Gasteiger partial charge < -0.3 is 4.57 Å². The van der Waals surface area contributed by atoms with Crippen LogP contribution in [0, 0.1) is 0 Å². The number of para-hydroxylation sites is 1. The van der Waals surface area contributed by atoms with Gasteiger partial charge in [0.15, 0.2) is 0 Å². The first kappa shape index (κ1) is 29.2. The Morgan fingerprint density at radius 3 is 2.04 bits per heavy atom. The number of rotatable bonds is 5. The number of hydrogen-bond donors (Lipinski definition) is 0. The van der Waals surface area contributed by atoms with Gasteiger partial charge in [0.1, 0.15) is 0 Å². The van der Waals surface area contributed by atoms with Crippen molar-refractivity contribution in [1.29, 1.82) is 0 Å². The van der Waals surface area contributed by atoms with Gasteiger partial charge in [0.25, 0.3) is 0 Å². The van der Waals surface area contributed by atoms with Gasteiger partial charge in [-0.2, -0.15) is 0 Å². The van der Waals surface area contributed by atoms with E-state index in [9.17, 15) is 0 Å². The second-order valence-electron chi connectivity index (χ2n) is 14.3. The number of aromatic nitrogens is 2. The van der Waals surface area contributed by atoms with Crippen molar-refractivity contribution in [2.45, 2.75) is 18.3 Å². The minimum absolute atomic E-state index is 0.220.